The Kier molecular flexibility index (Phi) is 1.95. The van der Waals surface area contributed by atoms with Crippen molar-refractivity contribution < 1.29 is 26.3 Å². The van der Waals surface area contributed by atoms with Gasteiger partial charge in [-0.05, 0) is 5.32 Å². The molecule has 9 heavy (non-hydrogen) atoms. The lowest BCUT2D eigenvalue weighted by atomic mass is 11.0. The Bertz CT molecular complexity index is 76.2. The van der Waals surface area contributed by atoms with Gasteiger partial charge in [-0.25, -0.2) is 0 Å². The summed E-state index contributed by atoms with van der Waals surface area (Å²) in [4.78, 5) is 0. The molecule has 0 fully saturated rings. The molecule has 0 N–H and O–H groups in total. The van der Waals surface area contributed by atoms with E-state index >= 15 is 0 Å². The fourth-order valence-corrected chi connectivity index (χ4v) is 0.144. The average Bonchev–Trinajstić information content (AvgIpc) is 1.14. The second-order valence-electron chi connectivity index (χ2n) is 1.05. The van der Waals surface area contributed by atoms with Crippen LogP contribution < -0.4 is 5.32 Å². The first-order valence-corrected chi connectivity index (χ1v) is 1.58. The van der Waals surface area contributed by atoms with Crippen LogP contribution in [0.2, 0.25) is 0 Å². The summed E-state index contributed by atoms with van der Waals surface area (Å²) in [5, 5.41) is 0.542. The predicted octanol–water partition coefficient (Wildman–Crippen LogP) is 1.63. The van der Waals surface area contributed by atoms with E-state index in [1.165, 1.54) is 0 Å². The van der Waals surface area contributed by atoms with Gasteiger partial charge in [0.15, 0.2) is 0 Å². The lowest BCUT2D eigenvalue weighted by Gasteiger charge is -2.07. The van der Waals surface area contributed by atoms with Crippen LogP contribution in [0.25, 0.3) is 0 Å². The Morgan fingerprint density at radius 3 is 0.889 bits per heavy atom. The zero-order chi connectivity index (χ0) is 7.71. The molecule has 0 amide bonds. The van der Waals surface area contributed by atoms with E-state index in [9.17, 15) is 26.3 Å². The van der Waals surface area contributed by atoms with E-state index in [1.54, 1.807) is 0 Å². The molecule has 0 spiro atoms. The van der Waals surface area contributed by atoms with Crippen LogP contribution in [0.1, 0.15) is 0 Å². The standard InChI is InChI=1S/C2F6N/c3-1(4,5)9-2(6,7)8. The number of hydrogen-bond donors (Lipinski definition) is 0. The maximum absolute atomic E-state index is 10.7. The quantitative estimate of drug-likeness (QED) is 0.370. The summed E-state index contributed by atoms with van der Waals surface area (Å²) in [7, 11) is 0. The second kappa shape index (κ2) is 2.05. The smallest absolute Gasteiger partial charge is 0.154 e. The maximum Gasteiger partial charge on any atom is 0.481 e. The highest BCUT2D eigenvalue weighted by Gasteiger charge is 2.45. The van der Waals surface area contributed by atoms with Crippen LogP contribution in [0.15, 0.2) is 0 Å². The van der Waals surface area contributed by atoms with E-state index in [-0.39, 0.29) is 0 Å². The van der Waals surface area contributed by atoms with Gasteiger partial charge >= 0.3 is 12.6 Å². The van der Waals surface area contributed by atoms with Gasteiger partial charge in [0.2, 0.25) is 0 Å². The summed E-state index contributed by atoms with van der Waals surface area (Å²) in [6.07, 6.45) is -11.0. The monoisotopic (exact) mass is 152 g/mol. The summed E-state index contributed by atoms with van der Waals surface area (Å²) in [5.41, 5.74) is 0. The fourth-order valence-electron chi connectivity index (χ4n) is 0.144. The van der Waals surface area contributed by atoms with Crippen LogP contribution in [-0.4, -0.2) is 12.6 Å². The third-order valence-corrected chi connectivity index (χ3v) is 0.254. The topological polar surface area (TPSA) is 14.1 Å². The van der Waals surface area contributed by atoms with Gasteiger partial charge in [0.25, 0.3) is 0 Å². The molecule has 1 radical (unpaired) electrons. The van der Waals surface area contributed by atoms with Crippen LogP contribution in [0.5, 0.6) is 0 Å². The molecule has 0 aliphatic heterocycles. The van der Waals surface area contributed by atoms with Crippen LogP contribution in [-0.2, 0) is 0 Å². The van der Waals surface area contributed by atoms with Crippen molar-refractivity contribution in [1.29, 1.82) is 0 Å². The van der Waals surface area contributed by atoms with E-state index in [2.05, 4.69) is 0 Å². The van der Waals surface area contributed by atoms with Gasteiger partial charge in [0, 0.05) is 0 Å². The first-order chi connectivity index (χ1) is 3.71. The summed E-state index contributed by atoms with van der Waals surface area (Å²) in [6.45, 7) is 0. The van der Waals surface area contributed by atoms with Crippen LogP contribution in [0.4, 0.5) is 26.3 Å². The molecule has 7 heteroatoms. The lowest BCUT2D eigenvalue weighted by molar-refractivity contribution is -0.270. The number of halogens is 6. The van der Waals surface area contributed by atoms with Crippen molar-refractivity contribution in [3.8, 4) is 0 Å². The summed E-state index contributed by atoms with van der Waals surface area (Å²) in [6, 6.07) is 0. The van der Waals surface area contributed by atoms with Crippen molar-refractivity contribution in [2.24, 2.45) is 0 Å². The predicted molar refractivity (Wildman–Crippen MR) is 14.2 cm³/mol. The molecule has 0 aromatic rings. The molecule has 0 atom stereocenters. The highest BCUT2D eigenvalue weighted by atomic mass is 19.4. The van der Waals surface area contributed by atoms with Crippen LogP contribution >= 0.6 is 0 Å². The van der Waals surface area contributed by atoms with Gasteiger partial charge in [-0.15, -0.1) is 0 Å². The molecule has 0 aliphatic rings. The first kappa shape index (κ1) is 8.54. The van der Waals surface area contributed by atoms with Crippen molar-refractivity contribution in [2.45, 2.75) is 12.6 Å². The van der Waals surface area contributed by atoms with Gasteiger partial charge in [0.1, 0.15) is 0 Å². The van der Waals surface area contributed by atoms with Crippen LogP contribution in [0.3, 0.4) is 0 Å². The molecule has 0 saturated carbocycles. The van der Waals surface area contributed by atoms with Crippen molar-refractivity contribution in [2.75, 3.05) is 0 Å². The summed E-state index contributed by atoms with van der Waals surface area (Å²) >= 11 is 0. The highest BCUT2D eigenvalue weighted by molar-refractivity contribution is 4.48. The molecule has 0 aromatic heterocycles. The number of nitrogens with zero attached hydrogens (tertiary/aromatic N) is 1. The Morgan fingerprint density at radius 1 is 0.667 bits per heavy atom. The molecule has 55 valence electrons. The summed E-state index contributed by atoms with van der Waals surface area (Å²) < 4.78 is 64.0. The van der Waals surface area contributed by atoms with Crippen molar-refractivity contribution >= 4 is 0 Å². The van der Waals surface area contributed by atoms with E-state index in [0.717, 1.165) is 0 Å². The Morgan fingerprint density at radius 2 is 0.889 bits per heavy atom. The van der Waals surface area contributed by atoms with Crippen LogP contribution in [0, 0.1) is 0 Å². The highest BCUT2D eigenvalue weighted by Crippen LogP contribution is 2.22. The van der Waals surface area contributed by atoms with Gasteiger partial charge in [-0.3, -0.25) is 0 Å². The number of rotatable bonds is 0. The molecule has 0 rings (SSSR count). The lowest BCUT2D eigenvalue weighted by Crippen LogP contribution is -2.35. The minimum Gasteiger partial charge on any atom is -0.154 e. The van der Waals surface area contributed by atoms with Crippen molar-refractivity contribution in [3.05, 3.63) is 0 Å². The molecule has 0 heterocycles. The molecular weight excluding hydrogens is 152 g/mol. The minimum atomic E-state index is -5.52. The zero-order valence-corrected chi connectivity index (χ0v) is 3.72. The third kappa shape index (κ3) is 7.54. The molecule has 0 saturated heterocycles. The molecular formula is C2F6N. The fraction of sp³-hybridized carbons (Fsp3) is 1.00. The normalized spacial score (nSPS) is 14.0. The first-order valence-electron chi connectivity index (χ1n) is 1.58. The minimum absolute atomic E-state index is 0.542. The largest absolute Gasteiger partial charge is 0.481 e. The van der Waals surface area contributed by atoms with Crippen molar-refractivity contribution in [1.82, 2.24) is 5.32 Å². The Hall–Kier alpha value is -0.460. The molecule has 0 aromatic carbocycles. The SMILES string of the molecule is FC(F)(F)[N]C(F)(F)F. The van der Waals surface area contributed by atoms with E-state index in [4.69, 9.17) is 0 Å². The van der Waals surface area contributed by atoms with Gasteiger partial charge < -0.3 is 0 Å². The average molecular weight is 152 g/mol. The van der Waals surface area contributed by atoms with Gasteiger partial charge in [-0.1, -0.05) is 0 Å². The molecule has 0 bridgehead atoms. The summed E-state index contributed by atoms with van der Waals surface area (Å²) in [5.74, 6) is 0. The maximum atomic E-state index is 10.7. The van der Waals surface area contributed by atoms with Gasteiger partial charge in [-0.2, -0.15) is 26.3 Å². The third-order valence-electron chi connectivity index (χ3n) is 0.254. The number of hydrogen-bond acceptors (Lipinski definition) is 0. The van der Waals surface area contributed by atoms with E-state index < -0.39 is 12.6 Å². The molecule has 1 nitrogen and oxygen atoms in total. The van der Waals surface area contributed by atoms with Crippen molar-refractivity contribution in [3.63, 3.8) is 0 Å². The molecule has 0 unspecified atom stereocenters. The number of alkyl halides is 6. The second-order valence-corrected chi connectivity index (χ2v) is 1.05. The molecule has 0 aliphatic carbocycles. The van der Waals surface area contributed by atoms with Gasteiger partial charge in [0.05, 0.1) is 0 Å². The van der Waals surface area contributed by atoms with E-state index in [1.807, 2.05) is 0 Å². The van der Waals surface area contributed by atoms with E-state index in [0.29, 0.717) is 5.32 Å². The Labute approximate surface area is 45.6 Å². The Balaban J connectivity index is 3.75. The zero-order valence-electron chi connectivity index (χ0n) is 3.72.